The summed E-state index contributed by atoms with van der Waals surface area (Å²) in [7, 11) is 0. The summed E-state index contributed by atoms with van der Waals surface area (Å²) in [5, 5.41) is 5.87. The Morgan fingerprint density at radius 1 is 1.29 bits per heavy atom. The van der Waals surface area contributed by atoms with Crippen LogP contribution in [0, 0.1) is 11.8 Å². The van der Waals surface area contributed by atoms with Gasteiger partial charge in [-0.3, -0.25) is 4.79 Å². The minimum Gasteiger partial charge on any atom is -0.335 e. The normalized spacial score (nSPS) is 24.6. The molecule has 2 N–H and O–H groups in total. The number of hydrogen-bond acceptors (Lipinski definition) is 2. The van der Waals surface area contributed by atoms with Crippen LogP contribution in [0.3, 0.4) is 0 Å². The molecule has 4 heteroatoms. The van der Waals surface area contributed by atoms with Crippen LogP contribution in [0.15, 0.2) is 24.3 Å². The highest BCUT2D eigenvalue weighted by molar-refractivity contribution is 5.96. The van der Waals surface area contributed by atoms with E-state index in [2.05, 4.69) is 24.5 Å². The predicted octanol–water partition coefficient (Wildman–Crippen LogP) is 3.84. The van der Waals surface area contributed by atoms with E-state index < -0.39 is 0 Å². The van der Waals surface area contributed by atoms with E-state index in [9.17, 15) is 9.59 Å². The quantitative estimate of drug-likeness (QED) is 0.827. The topological polar surface area (TPSA) is 58.2 Å². The molecular formula is C17H24N2O2. The Bertz CT molecular complexity index is 527. The van der Waals surface area contributed by atoms with Crippen molar-refractivity contribution in [1.29, 1.82) is 0 Å². The van der Waals surface area contributed by atoms with Crippen molar-refractivity contribution in [3.63, 3.8) is 0 Å². The smallest absolute Gasteiger partial charge is 0.319 e. The summed E-state index contributed by atoms with van der Waals surface area (Å²) in [5.74, 6) is 1.22. The number of rotatable bonds is 4. The second-order valence-electron chi connectivity index (χ2n) is 5.95. The first-order valence-electron chi connectivity index (χ1n) is 7.69. The summed E-state index contributed by atoms with van der Waals surface area (Å²) in [5.41, 5.74) is 1.26. The third kappa shape index (κ3) is 3.84. The van der Waals surface area contributed by atoms with E-state index in [0.717, 1.165) is 6.42 Å². The van der Waals surface area contributed by atoms with E-state index in [4.69, 9.17) is 0 Å². The third-order valence-electron chi connectivity index (χ3n) is 4.59. The lowest BCUT2D eigenvalue weighted by Gasteiger charge is -2.21. The number of hydrogen-bond donors (Lipinski definition) is 2. The number of nitrogens with one attached hydrogen (secondary N) is 2. The Balaban J connectivity index is 1.93. The zero-order chi connectivity index (χ0) is 15.4. The maximum absolute atomic E-state index is 12.1. The molecule has 0 heterocycles. The number of urea groups is 1. The van der Waals surface area contributed by atoms with Gasteiger partial charge in [0, 0.05) is 17.3 Å². The number of amides is 2. The minimum absolute atomic E-state index is 0.00531. The van der Waals surface area contributed by atoms with Crippen molar-refractivity contribution in [3.05, 3.63) is 29.8 Å². The molecule has 1 saturated carbocycles. The lowest BCUT2D eigenvalue weighted by molar-refractivity contribution is 0.101. The molecule has 2 rings (SSSR count). The van der Waals surface area contributed by atoms with E-state index in [1.165, 1.54) is 19.8 Å². The van der Waals surface area contributed by atoms with Gasteiger partial charge < -0.3 is 10.6 Å². The fourth-order valence-corrected chi connectivity index (χ4v) is 3.18. The molecule has 1 aromatic carbocycles. The number of carbonyl (C=O) groups excluding carboxylic acids is 2. The second-order valence-corrected chi connectivity index (χ2v) is 5.95. The molecule has 21 heavy (non-hydrogen) atoms. The fraction of sp³-hybridized carbons (Fsp3) is 0.529. The highest BCUT2D eigenvalue weighted by Gasteiger charge is 2.32. The first kappa shape index (κ1) is 15.5. The van der Waals surface area contributed by atoms with Gasteiger partial charge in [0.1, 0.15) is 0 Å². The van der Waals surface area contributed by atoms with Gasteiger partial charge in [0.25, 0.3) is 0 Å². The summed E-state index contributed by atoms with van der Waals surface area (Å²) in [6.07, 6.45) is 3.39. The number of ketones is 1. The third-order valence-corrected chi connectivity index (χ3v) is 4.59. The SMILES string of the molecule is CCC1CCC(NC(=O)Nc2cccc(C(C)=O)c2)C1C. The molecule has 1 aliphatic carbocycles. The Hall–Kier alpha value is -1.84. The van der Waals surface area contributed by atoms with Crippen molar-refractivity contribution < 1.29 is 9.59 Å². The lowest BCUT2D eigenvalue weighted by Crippen LogP contribution is -2.40. The fourth-order valence-electron chi connectivity index (χ4n) is 3.18. The number of carbonyl (C=O) groups is 2. The van der Waals surface area contributed by atoms with E-state index >= 15 is 0 Å². The molecule has 3 unspecified atom stereocenters. The van der Waals surface area contributed by atoms with Crippen molar-refractivity contribution in [2.75, 3.05) is 5.32 Å². The van der Waals surface area contributed by atoms with Gasteiger partial charge in [-0.1, -0.05) is 32.4 Å². The van der Waals surface area contributed by atoms with Crippen LogP contribution in [0.25, 0.3) is 0 Å². The van der Waals surface area contributed by atoms with Gasteiger partial charge in [-0.05, 0) is 43.7 Å². The molecular weight excluding hydrogens is 264 g/mol. The van der Waals surface area contributed by atoms with Crippen molar-refractivity contribution in [2.45, 2.75) is 46.1 Å². The number of benzene rings is 1. The van der Waals surface area contributed by atoms with Crippen LogP contribution in [0.2, 0.25) is 0 Å². The van der Waals surface area contributed by atoms with Gasteiger partial charge in [0.05, 0.1) is 0 Å². The molecule has 114 valence electrons. The van der Waals surface area contributed by atoms with Gasteiger partial charge in [0.2, 0.25) is 0 Å². The first-order valence-corrected chi connectivity index (χ1v) is 7.69. The van der Waals surface area contributed by atoms with Crippen LogP contribution in [-0.2, 0) is 0 Å². The van der Waals surface area contributed by atoms with E-state index in [1.807, 2.05) is 0 Å². The maximum atomic E-state index is 12.1. The molecule has 1 aliphatic rings. The molecule has 0 aromatic heterocycles. The van der Waals surface area contributed by atoms with Crippen LogP contribution in [0.1, 0.15) is 50.4 Å². The maximum Gasteiger partial charge on any atom is 0.319 e. The molecule has 4 nitrogen and oxygen atoms in total. The van der Waals surface area contributed by atoms with E-state index in [-0.39, 0.29) is 17.9 Å². The highest BCUT2D eigenvalue weighted by atomic mass is 16.2. The van der Waals surface area contributed by atoms with Crippen LogP contribution < -0.4 is 10.6 Å². The Morgan fingerprint density at radius 2 is 2.05 bits per heavy atom. The first-order chi connectivity index (χ1) is 10.0. The molecule has 0 spiro atoms. The predicted molar refractivity (Wildman–Crippen MR) is 84.6 cm³/mol. The monoisotopic (exact) mass is 288 g/mol. The average molecular weight is 288 g/mol. The summed E-state index contributed by atoms with van der Waals surface area (Å²) < 4.78 is 0. The van der Waals surface area contributed by atoms with Crippen LogP contribution in [0.4, 0.5) is 10.5 Å². The molecule has 3 atom stereocenters. The molecule has 0 bridgehead atoms. The molecule has 0 aliphatic heterocycles. The number of anilines is 1. The second kappa shape index (κ2) is 6.74. The summed E-state index contributed by atoms with van der Waals surface area (Å²) in [6, 6.07) is 7.07. The zero-order valence-electron chi connectivity index (χ0n) is 13.0. The van der Waals surface area contributed by atoms with Crippen LogP contribution >= 0.6 is 0 Å². The molecule has 1 aromatic rings. The van der Waals surface area contributed by atoms with Gasteiger partial charge in [-0.25, -0.2) is 4.79 Å². The van der Waals surface area contributed by atoms with E-state index in [1.54, 1.807) is 24.3 Å². The van der Waals surface area contributed by atoms with Crippen molar-refractivity contribution in [3.8, 4) is 0 Å². The van der Waals surface area contributed by atoms with Crippen LogP contribution in [-0.4, -0.2) is 17.9 Å². The largest absolute Gasteiger partial charge is 0.335 e. The Kier molecular flexibility index (Phi) is 4.99. The average Bonchev–Trinajstić information content (AvgIpc) is 2.79. The van der Waals surface area contributed by atoms with Gasteiger partial charge in [-0.15, -0.1) is 0 Å². The summed E-state index contributed by atoms with van der Waals surface area (Å²) in [6.45, 7) is 5.93. The van der Waals surface area contributed by atoms with Gasteiger partial charge >= 0.3 is 6.03 Å². The standard InChI is InChI=1S/C17H24N2O2/c1-4-13-8-9-16(11(13)2)19-17(21)18-15-7-5-6-14(10-15)12(3)20/h5-7,10-11,13,16H,4,8-9H2,1-3H3,(H2,18,19,21). The van der Waals surface area contributed by atoms with Crippen LogP contribution in [0.5, 0.6) is 0 Å². The van der Waals surface area contributed by atoms with E-state index in [0.29, 0.717) is 23.1 Å². The Morgan fingerprint density at radius 3 is 2.67 bits per heavy atom. The molecule has 1 fully saturated rings. The summed E-state index contributed by atoms with van der Waals surface area (Å²) >= 11 is 0. The van der Waals surface area contributed by atoms with Crippen molar-refractivity contribution >= 4 is 17.5 Å². The van der Waals surface area contributed by atoms with Crippen molar-refractivity contribution in [1.82, 2.24) is 5.32 Å². The van der Waals surface area contributed by atoms with Gasteiger partial charge in [0.15, 0.2) is 5.78 Å². The molecule has 2 amide bonds. The molecule has 0 radical (unpaired) electrons. The zero-order valence-corrected chi connectivity index (χ0v) is 13.0. The highest BCUT2D eigenvalue weighted by Crippen LogP contribution is 2.33. The van der Waals surface area contributed by atoms with Crippen molar-refractivity contribution in [2.24, 2.45) is 11.8 Å². The summed E-state index contributed by atoms with van der Waals surface area (Å²) in [4.78, 5) is 23.4. The minimum atomic E-state index is -0.190. The molecule has 0 saturated heterocycles. The van der Waals surface area contributed by atoms with Gasteiger partial charge in [-0.2, -0.15) is 0 Å². The Labute approximate surface area is 126 Å². The number of Topliss-reactive ketones (excluding diaryl/α,β-unsaturated/α-hetero) is 1. The lowest BCUT2D eigenvalue weighted by atomic mass is 9.94.